The smallest absolute Gasteiger partial charge is 0.328 e. The van der Waals surface area contributed by atoms with Crippen molar-refractivity contribution in [2.24, 2.45) is 0 Å². The van der Waals surface area contributed by atoms with Gasteiger partial charge in [-0.3, -0.25) is 9.59 Å². The van der Waals surface area contributed by atoms with Crippen LogP contribution >= 0.6 is 0 Å². The molecule has 0 fully saturated rings. The van der Waals surface area contributed by atoms with E-state index in [-0.39, 0.29) is 18.1 Å². The number of carbonyl (C=O) groups excluding carboxylic acids is 3. The molecule has 2 amide bonds. The second-order valence-electron chi connectivity index (χ2n) is 8.43. The molecular weight excluding hydrogens is 454 g/mol. The third-order valence-corrected chi connectivity index (χ3v) is 5.87. The monoisotopic (exact) mass is 483 g/mol. The fourth-order valence-corrected chi connectivity index (χ4v) is 4.06. The summed E-state index contributed by atoms with van der Waals surface area (Å²) in [6.45, 7) is 1.96. The summed E-state index contributed by atoms with van der Waals surface area (Å²) in [7, 11) is 0. The zero-order valence-electron chi connectivity index (χ0n) is 20.1. The first-order valence-electron chi connectivity index (χ1n) is 12.0. The van der Waals surface area contributed by atoms with Gasteiger partial charge in [0.15, 0.2) is 0 Å². The predicted octanol–water partition coefficient (Wildman–Crippen LogP) is 5.10. The normalized spacial score (nSPS) is 11.6. The molecule has 184 valence electrons. The van der Waals surface area contributed by atoms with Gasteiger partial charge in [-0.2, -0.15) is 0 Å². The Hall–Kier alpha value is -4.39. The van der Waals surface area contributed by atoms with Crippen molar-refractivity contribution < 1.29 is 19.1 Å². The Bertz CT molecular complexity index is 1310. The number of aromatic amines is 1. The first-order valence-corrected chi connectivity index (χ1v) is 12.0. The second-order valence-corrected chi connectivity index (χ2v) is 8.43. The molecule has 1 aromatic heterocycles. The summed E-state index contributed by atoms with van der Waals surface area (Å²) in [6, 6.07) is 25.2. The Balaban J connectivity index is 1.45. The van der Waals surface area contributed by atoms with Gasteiger partial charge in [-0.1, -0.05) is 60.7 Å². The van der Waals surface area contributed by atoms with Gasteiger partial charge < -0.3 is 20.4 Å². The van der Waals surface area contributed by atoms with Crippen molar-refractivity contribution in [3.63, 3.8) is 0 Å². The summed E-state index contributed by atoms with van der Waals surface area (Å²) in [5.74, 6) is -1.30. The van der Waals surface area contributed by atoms with Gasteiger partial charge in [-0.15, -0.1) is 0 Å². The summed E-state index contributed by atoms with van der Waals surface area (Å²) >= 11 is 0. The standard InChI is InChI=1S/C29H29N3O4/c1-2-36-29(35)25(18-10-13-20-11-4-3-5-12-20)32-27(33)22-15-7-9-17-24(22)31-28(34)26-19-21-14-6-8-16-23(21)30-26/h3-9,11-12,14-17,19,25,30H,2,10,13,18H2,1H3,(H,31,34)(H,32,33). The van der Waals surface area contributed by atoms with Crippen molar-refractivity contribution in [2.75, 3.05) is 11.9 Å². The lowest BCUT2D eigenvalue weighted by atomic mass is 10.0. The molecule has 7 heteroatoms. The van der Waals surface area contributed by atoms with Crippen molar-refractivity contribution in [3.8, 4) is 0 Å². The van der Waals surface area contributed by atoms with Crippen LogP contribution in [0.3, 0.4) is 0 Å². The Morgan fingerprint density at radius 1 is 0.889 bits per heavy atom. The average Bonchev–Trinajstić information content (AvgIpc) is 3.34. The molecule has 0 aliphatic carbocycles. The molecule has 0 aliphatic heterocycles. The van der Waals surface area contributed by atoms with Gasteiger partial charge in [0.05, 0.1) is 17.9 Å². The number of rotatable bonds is 10. The number of esters is 1. The minimum absolute atomic E-state index is 0.223. The number of benzene rings is 3. The van der Waals surface area contributed by atoms with E-state index in [0.29, 0.717) is 24.2 Å². The van der Waals surface area contributed by atoms with E-state index in [1.807, 2.05) is 54.6 Å². The van der Waals surface area contributed by atoms with E-state index < -0.39 is 17.9 Å². The van der Waals surface area contributed by atoms with Crippen LogP contribution in [0.2, 0.25) is 0 Å². The highest BCUT2D eigenvalue weighted by Gasteiger charge is 2.24. The Morgan fingerprint density at radius 2 is 1.61 bits per heavy atom. The summed E-state index contributed by atoms with van der Waals surface area (Å²) in [6.07, 6.45) is 1.92. The zero-order valence-corrected chi connectivity index (χ0v) is 20.1. The molecule has 1 atom stereocenters. The lowest BCUT2D eigenvalue weighted by Gasteiger charge is -2.18. The lowest BCUT2D eigenvalue weighted by molar-refractivity contribution is -0.145. The Morgan fingerprint density at radius 3 is 2.39 bits per heavy atom. The van der Waals surface area contributed by atoms with Crippen LogP contribution < -0.4 is 10.6 Å². The zero-order chi connectivity index (χ0) is 25.3. The molecule has 1 heterocycles. The minimum Gasteiger partial charge on any atom is -0.464 e. The van der Waals surface area contributed by atoms with Crippen LogP contribution in [0.25, 0.3) is 10.9 Å². The third kappa shape index (κ3) is 6.18. The Labute approximate surface area is 209 Å². The van der Waals surface area contributed by atoms with E-state index >= 15 is 0 Å². The quantitative estimate of drug-likeness (QED) is 0.273. The van der Waals surface area contributed by atoms with E-state index in [1.54, 1.807) is 37.3 Å². The van der Waals surface area contributed by atoms with E-state index in [9.17, 15) is 14.4 Å². The average molecular weight is 484 g/mol. The molecule has 36 heavy (non-hydrogen) atoms. The van der Waals surface area contributed by atoms with Crippen LogP contribution in [-0.4, -0.2) is 35.4 Å². The van der Waals surface area contributed by atoms with Crippen LogP contribution in [-0.2, 0) is 16.0 Å². The molecule has 3 aromatic carbocycles. The molecular formula is C29H29N3O4. The fourth-order valence-electron chi connectivity index (χ4n) is 4.06. The SMILES string of the molecule is CCOC(=O)C(CCCc1ccccc1)NC(=O)c1ccccc1NC(=O)c1cc2ccccc2[nH]1. The summed E-state index contributed by atoms with van der Waals surface area (Å²) < 4.78 is 5.20. The molecule has 0 saturated carbocycles. The number of para-hydroxylation sites is 2. The molecule has 0 spiro atoms. The molecule has 0 saturated heterocycles. The van der Waals surface area contributed by atoms with Crippen molar-refractivity contribution in [1.29, 1.82) is 0 Å². The van der Waals surface area contributed by atoms with Crippen LogP contribution in [0.4, 0.5) is 5.69 Å². The largest absolute Gasteiger partial charge is 0.464 e. The summed E-state index contributed by atoms with van der Waals surface area (Å²) in [5.41, 5.74) is 3.01. The number of hydrogen-bond acceptors (Lipinski definition) is 4. The molecule has 4 rings (SSSR count). The third-order valence-electron chi connectivity index (χ3n) is 5.87. The molecule has 4 aromatic rings. The maximum atomic E-state index is 13.2. The van der Waals surface area contributed by atoms with E-state index in [0.717, 1.165) is 22.9 Å². The lowest BCUT2D eigenvalue weighted by Crippen LogP contribution is -2.42. The number of anilines is 1. The van der Waals surface area contributed by atoms with Crippen molar-refractivity contribution in [3.05, 3.63) is 102 Å². The number of amides is 2. The molecule has 0 radical (unpaired) electrons. The van der Waals surface area contributed by atoms with Gasteiger partial charge in [-0.05, 0) is 56.0 Å². The van der Waals surface area contributed by atoms with Crippen LogP contribution in [0.1, 0.15) is 46.2 Å². The highest BCUT2D eigenvalue weighted by Crippen LogP contribution is 2.19. The van der Waals surface area contributed by atoms with E-state index in [1.165, 1.54) is 0 Å². The van der Waals surface area contributed by atoms with Gasteiger partial charge in [-0.25, -0.2) is 4.79 Å². The number of aryl methyl sites for hydroxylation is 1. The summed E-state index contributed by atoms with van der Waals surface area (Å²) in [5, 5.41) is 6.54. The van der Waals surface area contributed by atoms with Gasteiger partial charge in [0, 0.05) is 10.9 Å². The first-order chi connectivity index (χ1) is 17.5. The molecule has 3 N–H and O–H groups in total. The predicted molar refractivity (Wildman–Crippen MR) is 140 cm³/mol. The van der Waals surface area contributed by atoms with Crippen molar-refractivity contribution in [1.82, 2.24) is 10.3 Å². The maximum Gasteiger partial charge on any atom is 0.328 e. The number of nitrogens with one attached hydrogen (secondary N) is 3. The molecule has 1 unspecified atom stereocenters. The second kappa shape index (κ2) is 11.8. The molecule has 0 aliphatic rings. The molecule has 0 bridgehead atoms. The number of fused-ring (bicyclic) bond motifs is 1. The van der Waals surface area contributed by atoms with Crippen LogP contribution in [0, 0.1) is 0 Å². The Kier molecular flexibility index (Phi) is 8.13. The maximum absolute atomic E-state index is 13.2. The van der Waals surface area contributed by atoms with E-state index in [4.69, 9.17) is 4.74 Å². The van der Waals surface area contributed by atoms with Crippen molar-refractivity contribution in [2.45, 2.75) is 32.2 Å². The van der Waals surface area contributed by atoms with Crippen LogP contribution in [0.15, 0.2) is 84.9 Å². The molecule has 7 nitrogen and oxygen atoms in total. The van der Waals surface area contributed by atoms with Gasteiger partial charge >= 0.3 is 5.97 Å². The topological polar surface area (TPSA) is 100 Å². The summed E-state index contributed by atoms with van der Waals surface area (Å²) in [4.78, 5) is 41.8. The highest BCUT2D eigenvalue weighted by molar-refractivity contribution is 6.10. The van der Waals surface area contributed by atoms with Gasteiger partial charge in [0.1, 0.15) is 11.7 Å². The van der Waals surface area contributed by atoms with Gasteiger partial charge in [0.25, 0.3) is 11.8 Å². The first kappa shape index (κ1) is 24.7. The fraction of sp³-hybridized carbons (Fsp3) is 0.207. The van der Waals surface area contributed by atoms with E-state index in [2.05, 4.69) is 15.6 Å². The number of ether oxygens (including phenoxy) is 1. The van der Waals surface area contributed by atoms with Crippen molar-refractivity contribution >= 4 is 34.4 Å². The number of hydrogen-bond donors (Lipinski definition) is 3. The highest BCUT2D eigenvalue weighted by atomic mass is 16.5. The van der Waals surface area contributed by atoms with Crippen LogP contribution in [0.5, 0.6) is 0 Å². The number of carbonyl (C=O) groups is 3. The van der Waals surface area contributed by atoms with Gasteiger partial charge in [0.2, 0.25) is 0 Å². The number of aromatic nitrogens is 1. The minimum atomic E-state index is -0.793. The number of H-pyrrole nitrogens is 1.